The Labute approximate surface area is 182 Å². The van der Waals surface area contributed by atoms with Gasteiger partial charge in [0.05, 0.1) is 29.0 Å². The third kappa shape index (κ3) is 2.33. The van der Waals surface area contributed by atoms with Crippen molar-refractivity contribution < 1.29 is 24.1 Å². The summed E-state index contributed by atoms with van der Waals surface area (Å²) in [6.07, 6.45) is 3.11. The van der Waals surface area contributed by atoms with Crippen LogP contribution in [0.5, 0.6) is 11.5 Å². The molecule has 1 saturated carbocycles. The number of esters is 1. The minimum atomic E-state index is -1.45. The van der Waals surface area contributed by atoms with E-state index in [4.69, 9.17) is 19.2 Å². The summed E-state index contributed by atoms with van der Waals surface area (Å²) >= 11 is 0. The molecule has 8 nitrogen and oxygen atoms in total. The van der Waals surface area contributed by atoms with Gasteiger partial charge in [-0.05, 0) is 36.5 Å². The number of benzene rings is 1. The molecule has 1 aromatic carbocycles. The summed E-state index contributed by atoms with van der Waals surface area (Å²) in [7, 11) is 0. The number of aromatic nitrogens is 2. The van der Waals surface area contributed by atoms with Crippen molar-refractivity contribution in [2.24, 2.45) is 0 Å². The average Bonchev–Trinajstić information content (AvgIpc) is 3.54. The monoisotopic (exact) mass is 432 g/mol. The second kappa shape index (κ2) is 6.32. The maximum absolute atomic E-state index is 13.3. The van der Waals surface area contributed by atoms with Crippen LogP contribution in [0.15, 0.2) is 23.0 Å². The van der Waals surface area contributed by atoms with Crippen molar-refractivity contribution in [3.05, 3.63) is 50.8 Å². The van der Waals surface area contributed by atoms with Crippen LogP contribution in [-0.4, -0.2) is 27.4 Å². The van der Waals surface area contributed by atoms with E-state index in [0.717, 1.165) is 40.8 Å². The number of aliphatic hydroxyl groups excluding tert-OH is 1. The SMILES string of the molecule is O=C1OCc2c(cc3n(c2=O)Cc2c-3nc3cc4c(cc3c2C2CCCC2)OCO4)C1O. The Hall–Kier alpha value is -3.39. The molecule has 1 N–H and O–H groups in total. The van der Waals surface area contributed by atoms with Gasteiger partial charge in [0.2, 0.25) is 6.79 Å². The largest absolute Gasteiger partial charge is 0.458 e. The molecule has 3 aliphatic heterocycles. The summed E-state index contributed by atoms with van der Waals surface area (Å²) < 4.78 is 17.9. The molecular formula is C24H20N2O6. The number of hydrogen-bond acceptors (Lipinski definition) is 7. The van der Waals surface area contributed by atoms with Crippen LogP contribution in [0.25, 0.3) is 22.3 Å². The van der Waals surface area contributed by atoms with Gasteiger partial charge in [-0.1, -0.05) is 12.8 Å². The van der Waals surface area contributed by atoms with E-state index in [-0.39, 0.29) is 19.0 Å². The van der Waals surface area contributed by atoms with Crippen molar-refractivity contribution in [3.8, 4) is 22.9 Å². The normalized spacial score (nSPS) is 20.9. The molecule has 0 radical (unpaired) electrons. The van der Waals surface area contributed by atoms with Gasteiger partial charge in [-0.3, -0.25) is 4.79 Å². The fourth-order valence-corrected chi connectivity index (χ4v) is 5.73. The predicted octanol–water partition coefficient (Wildman–Crippen LogP) is 2.90. The number of nitrogens with zero attached hydrogens (tertiary/aromatic N) is 2. The van der Waals surface area contributed by atoms with Crippen LogP contribution in [-0.2, 0) is 22.7 Å². The Kier molecular flexibility index (Phi) is 3.60. The molecule has 1 atom stereocenters. The first-order chi connectivity index (χ1) is 15.6. The maximum atomic E-state index is 13.3. The van der Waals surface area contributed by atoms with E-state index in [2.05, 4.69) is 0 Å². The summed E-state index contributed by atoms with van der Waals surface area (Å²) in [5.74, 6) is 1.05. The molecule has 162 valence electrons. The minimum absolute atomic E-state index is 0.118. The molecule has 0 amide bonds. The predicted molar refractivity (Wildman–Crippen MR) is 113 cm³/mol. The third-order valence-corrected chi connectivity index (χ3v) is 7.26. The van der Waals surface area contributed by atoms with Crippen molar-refractivity contribution in [2.45, 2.75) is 50.9 Å². The number of cyclic esters (lactones) is 1. The Morgan fingerprint density at radius 3 is 2.59 bits per heavy atom. The Bertz CT molecular complexity index is 1400. The average molecular weight is 432 g/mol. The molecule has 1 unspecified atom stereocenters. The zero-order valence-corrected chi connectivity index (χ0v) is 17.2. The van der Waals surface area contributed by atoms with Gasteiger partial charge in [0.25, 0.3) is 5.56 Å². The van der Waals surface area contributed by atoms with Crippen LogP contribution in [0.1, 0.15) is 60.0 Å². The molecule has 0 spiro atoms. The highest BCUT2D eigenvalue weighted by Crippen LogP contribution is 2.47. The van der Waals surface area contributed by atoms with E-state index < -0.39 is 12.1 Å². The number of carbonyl (C=O) groups excluding carboxylic acids is 1. The smallest absolute Gasteiger partial charge is 0.340 e. The maximum Gasteiger partial charge on any atom is 0.340 e. The number of ether oxygens (including phenoxy) is 3. The summed E-state index contributed by atoms with van der Waals surface area (Å²) in [6.45, 7) is 0.499. The van der Waals surface area contributed by atoms with E-state index in [9.17, 15) is 14.7 Å². The number of pyridine rings is 2. The lowest BCUT2D eigenvalue weighted by Crippen LogP contribution is -2.32. The Morgan fingerprint density at radius 1 is 1.00 bits per heavy atom. The molecule has 7 rings (SSSR count). The molecule has 5 heterocycles. The van der Waals surface area contributed by atoms with Crippen LogP contribution in [0.2, 0.25) is 0 Å². The van der Waals surface area contributed by atoms with Crippen LogP contribution in [0.3, 0.4) is 0 Å². The van der Waals surface area contributed by atoms with Crippen LogP contribution < -0.4 is 15.0 Å². The number of fused-ring (bicyclic) bond motifs is 6. The molecule has 1 fully saturated rings. The molecule has 4 aliphatic rings. The minimum Gasteiger partial charge on any atom is -0.458 e. The highest BCUT2D eigenvalue weighted by atomic mass is 16.7. The highest BCUT2D eigenvalue weighted by Gasteiger charge is 2.36. The van der Waals surface area contributed by atoms with E-state index in [1.807, 2.05) is 12.1 Å². The number of aliphatic hydroxyl groups is 1. The molecule has 8 heteroatoms. The number of hydrogen-bond donors (Lipinski definition) is 1. The van der Waals surface area contributed by atoms with E-state index in [1.54, 1.807) is 10.6 Å². The summed E-state index contributed by atoms with van der Waals surface area (Å²) in [6, 6.07) is 5.66. The Balaban J connectivity index is 1.52. The standard InChI is InChI=1S/C24H20N2O6/c27-22-12-5-17-21-14(8-26(17)23(28)15(12)9-30-24(22)29)20(11-3-1-2-4-11)13-6-18-19(32-10-31-18)7-16(13)25-21/h5-7,11,22,27H,1-4,8-10H2. The van der Waals surface area contributed by atoms with Crippen molar-refractivity contribution >= 4 is 16.9 Å². The highest BCUT2D eigenvalue weighted by molar-refractivity contribution is 5.91. The third-order valence-electron chi connectivity index (χ3n) is 7.26. The summed E-state index contributed by atoms with van der Waals surface area (Å²) in [5, 5.41) is 11.4. The summed E-state index contributed by atoms with van der Waals surface area (Å²) in [4.78, 5) is 30.2. The van der Waals surface area contributed by atoms with Gasteiger partial charge in [-0.25, -0.2) is 9.78 Å². The second-order valence-corrected chi connectivity index (χ2v) is 8.92. The zero-order valence-electron chi connectivity index (χ0n) is 17.2. The van der Waals surface area contributed by atoms with E-state index in [0.29, 0.717) is 35.0 Å². The van der Waals surface area contributed by atoms with Crippen LogP contribution in [0.4, 0.5) is 0 Å². The van der Waals surface area contributed by atoms with Gasteiger partial charge < -0.3 is 23.9 Å². The quantitative estimate of drug-likeness (QED) is 0.462. The molecule has 2 aromatic heterocycles. The van der Waals surface area contributed by atoms with Crippen molar-refractivity contribution in [2.75, 3.05) is 6.79 Å². The zero-order chi connectivity index (χ0) is 21.6. The van der Waals surface area contributed by atoms with Crippen LogP contribution >= 0.6 is 0 Å². The van der Waals surface area contributed by atoms with Crippen molar-refractivity contribution in [3.63, 3.8) is 0 Å². The Morgan fingerprint density at radius 2 is 1.78 bits per heavy atom. The van der Waals surface area contributed by atoms with Gasteiger partial charge in [0, 0.05) is 22.6 Å². The van der Waals surface area contributed by atoms with E-state index in [1.165, 1.54) is 18.4 Å². The first-order valence-electron chi connectivity index (χ1n) is 11.0. The number of carbonyl (C=O) groups is 1. The molecule has 0 bridgehead atoms. The van der Waals surface area contributed by atoms with E-state index >= 15 is 0 Å². The molecule has 3 aromatic rings. The lowest BCUT2D eigenvalue weighted by Gasteiger charge is -2.21. The second-order valence-electron chi connectivity index (χ2n) is 8.92. The van der Waals surface area contributed by atoms with Crippen LogP contribution in [0, 0.1) is 0 Å². The van der Waals surface area contributed by atoms with Gasteiger partial charge in [0.1, 0.15) is 6.61 Å². The van der Waals surface area contributed by atoms with Gasteiger partial charge in [-0.2, -0.15) is 0 Å². The molecule has 0 saturated heterocycles. The van der Waals surface area contributed by atoms with Gasteiger partial charge in [-0.15, -0.1) is 0 Å². The van der Waals surface area contributed by atoms with Crippen molar-refractivity contribution in [1.82, 2.24) is 9.55 Å². The fraction of sp³-hybridized carbons (Fsp3) is 0.375. The first kappa shape index (κ1) is 18.2. The van der Waals surface area contributed by atoms with Crippen molar-refractivity contribution in [1.29, 1.82) is 0 Å². The lowest BCUT2D eigenvalue weighted by atomic mass is 9.88. The summed E-state index contributed by atoms with van der Waals surface area (Å²) in [5.41, 5.74) is 4.87. The topological polar surface area (TPSA) is 99.9 Å². The van der Waals surface area contributed by atoms with Gasteiger partial charge in [0.15, 0.2) is 17.6 Å². The lowest BCUT2D eigenvalue weighted by molar-refractivity contribution is -0.157. The molecule has 1 aliphatic carbocycles. The molecule has 32 heavy (non-hydrogen) atoms. The van der Waals surface area contributed by atoms with Gasteiger partial charge >= 0.3 is 5.97 Å². The molecular weight excluding hydrogens is 412 g/mol. The first-order valence-corrected chi connectivity index (χ1v) is 11.0. The number of rotatable bonds is 1. The fourth-order valence-electron chi connectivity index (χ4n) is 5.73.